The highest BCUT2D eigenvalue weighted by Gasteiger charge is 2.11. The number of halogens is 2. The van der Waals surface area contributed by atoms with Crippen molar-refractivity contribution >= 4 is 25.8 Å². The highest BCUT2D eigenvalue weighted by atomic mass is 79.9. The van der Waals surface area contributed by atoms with Crippen molar-refractivity contribution in [3.8, 4) is 0 Å². The molecular formula is C11H15BrFNO2S. The Morgan fingerprint density at radius 2 is 2.12 bits per heavy atom. The van der Waals surface area contributed by atoms with E-state index in [1.807, 2.05) is 0 Å². The number of sulfone groups is 1. The Kier molecular flexibility index (Phi) is 5.09. The van der Waals surface area contributed by atoms with Gasteiger partial charge in [0.1, 0.15) is 15.7 Å². The molecule has 3 nitrogen and oxygen atoms in total. The summed E-state index contributed by atoms with van der Waals surface area (Å²) in [4.78, 5) is 0. The fraction of sp³-hybridized carbons (Fsp3) is 0.455. The van der Waals surface area contributed by atoms with E-state index in [1.54, 1.807) is 19.1 Å². The number of hydrogen-bond acceptors (Lipinski definition) is 3. The van der Waals surface area contributed by atoms with Gasteiger partial charge in [-0.25, -0.2) is 12.8 Å². The second-order valence-corrected chi connectivity index (χ2v) is 7.07. The minimum atomic E-state index is -2.99. The molecule has 1 unspecified atom stereocenters. The van der Waals surface area contributed by atoms with Gasteiger partial charge in [-0.05, 0) is 34.5 Å². The van der Waals surface area contributed by atoms with Crippen LogP contribution in [0.2, 0.25) is 0 Å². The van der Waals surface area contributed by atoms with Crippen molar-refractivity contribution in [1.29, 1.82) is 0 Å². The van der Waals surface area contributed by atoms with Crippen molar-refractivity contribution in [1.82, 2.24) is 5.32 Å². The summed E-state index contributed by atoms with van der Waals surface area (Å²) in [5.74, 6) is -0.250. The predicted molar refractivity (Wildman–Crippen MR) is 70.1 cm³/mol. The predicted octanol–water partition coefficient (Wildman–Crippen LogP) is 2.11. The van der Waals surface area contributed by atoms with Gasteiger partial charge in [-0.1, -0.05) is 12.1 Å². The van der Waals surface area contributed by atoms with Gasteiger partial charge >= 0.3 is 0 Å². The van der Waals surface area contributed by atoms with Gasteiger partial charge < -0.3 is 5.32 Å². The van der Waals surface area contributed by atoms with Crippen molar-refractivity contribution in [2.24, 2.45) is 0 Å². The fourth-order valence-corrected chi connectivity index (χ4v) is 2.91. The normalized spacial score (nSPS) is 13.6. The van der Waals surface area contributed by atoms with Crippen molar-refractivity contribution in [2.45, 2.75) is 19.5 Å². The highest BCUT2D eigenvalue weighted by molar-refractivity contribution is 9.10. The summed E-state index contributed by atoms with van der Waals surface area (Å²) in [5.41, 5.74) is 0.769. The lowest BCUT2D eigenvalue weighted by Crippen LogP contribution is -2.32. The summed E-state index contributed by atoms with van der Waals surface area (Å²) in [6.07, 6.45) is 1.20. The first-order valence-electron chi connectivity index (χ1n) is 5.13. The fourth-order valence-electron chi connectivity index (χ4n) is 1.48. The van der Waals surface area contributed by atoms with Crippen LogP contribution in [0, 0.1) is 5.82 Å². The molecule has 1 N–H and O–H groups in total. The standard InChI is InChI=1S/C11H15BrFNO2S/c1-8(7-17(2,15)16)14-6-9-4-3-5-10(13)11(9)12/h3-5,8,14H,6-7H2,1-2H3. The Balaban J connectivity index is 2.59. The molecule has 0 fully saturated rings. The van der Waals surface area contributed by atoms with Crippen molar-refractivity contribution < 1.29 is 12.8 Å². The first-order chi connectivity index (χ1) is 7.79. The highest BCUT2D eigenvalue weighted by Crippen LogP contribution is 2.20. The Hall–Kier alpha value is -0.460. The molecule has 0 saturated carbocycles. The summed E-state index contributed by atoms with van der Waals surface area (Å²) in [5, 5.41) is 3.05. The minimum Gasteiger partial charge on any atom is -0.309 e. The Morgan fingerprint density at radius 1 is 1.47 bits per heavy atom. The number of rotatable bonds is 5. The van der Waals surface area contributed by atoms with Gasteiger partial charge in [-0.3, -0.25) is 0 Å². The summed E-state index contributed by atoms with van der Waals surface area (Å²) >= 11 is 3.16. The van der Waals surface area contributed by atoms with Crippen LogP contribution in [-0.2, 0) is 16.4 Å². The summed E-state index contributed by atoms with van der Waals surface area (Å²) in [6, 6.07) is 4.61. The smallest absolute Gasteiger partial charge is 0.148 e. The van der Waals surface area contributed by atoms with Gasteiger partial charge in [0.2, 0.25) is 0 Å². The maximum atomic E-state index is 13.2. The van der Waals surface area contributed by atoms with Crippen LogP contribution in [-0.4, -0.2) is 26.5 Å². The first kappa shape index (κ1) is 14.6. The molecule has 0 aromatic heterocycles. The molecule has 6 heteroatoms. The minimum absolute atomic E-state index is 0.0694. The lowest BCUT2D eigenvalue weighted by Gasteiger charge is -2.13. The molecule has 1 atom stereocenters. The van der Waals surface area contributed by atoms with E-state index in [0.29, 0.717) is 11.0 Å². The molecule has 0 spiro atoms. The molecule has 0 saturated heterocycles. The van der Waals surface area contributed by atoms with Crippen LogP contribution < -0.4 is 5.32 Å². The molecule has 96 valence electrons. The third-order valence-corrected chi connectivity index (χ3v) is 4.22. The molecule has 17 heavy (non-hydrogen) atoms. The molecule has 1 aromatic rings. The van der Waals surface area contributed by atoms with Gasteiger partial charge in [0.05, 0.1) is 10.2 Å². The van der Waals surface area contributed by atoms with Crippen LogP contribution in [0.3, 0.4) is 0 Å². The third kappa shape index (κ3) is 5.14. The van der Waals surface area contributed by atoms with Crippen LogP contribution >= 0.6 is 15.9 Å². The zero-order valence-corrected chi connectivity index (χ0v) is 12.1. The van der Waals surface area contributed by atoms with Crippen LogP contribution in [0.1, 0.15) is 12.5 Å². The zero-order valence-electron chi connectivity index (χ0n) is 9.70. The molecule has 0 heterocycles. The topological polar surface area (TPSA) is 46.2 Å². The Bertz CT molecular complexity index is 490. The van der Waals surface area contributed by atoms with Crippen molar-refractivity contribution in [2.75, 3.05) is 12.0 Å². The Labute approximate surface area is 109 Å². The summed E-state index contributed by atoms with van der Waals surface area (Å²) in [7, 11) is -2.99. The van der Waals surface area contributed by atoms with Crippen LogP contribution in [0.4, 0.5) is 4.39 Å². The lowest BCUT2D eigenvalue weighted by atomic mass is 10.2. The monoisotopic (exact) mass is 323 g/mol. The molecule has 1 rings (SSSR count). The second kappa shape index (κ2) is 5.93. The van der Waals surface area contributed by atoms with E-state index < -0.39 is 9.84 Å². The van der Waals surface area contributed by atoms with E-state index in [4.69, 9.17) is 0 Å². The number of nitrogens with one attached hydrogen (secondary N) is 1. The van der Waals surface area contributed by atoms with E-state index in [1.165, 1.54) is 12.3 Å². The van der Waals surface area contributed by atoms with Crippen LogP contribution in [0.5, 0.6) is 0 Å². The van der Waals surface area contributed by atoms with Gasteiger partial charge in [0.25, 0.3) is 0 Å². The van der Waals surface area contributed by atoms with Gasteiger partial charge in [0, 0.05) is 18.8 Å². The molecule has 0 radical (unpaired) electrons. The number of benzene rings is 1. The molecule has 0 amide bonds. The van der Waals surface area contributed by atoms with E-state index in [9.17, 15) is 12.8 Å². The van der Waals surface area contributed by atoms with E-state index in [2.05, 4.69) is 21.2 Å². The molecule has 0 aliphatic rings. The maximum absolute atomic E-state index is 13.2. The van der Waals surface area contributed by atoms with Gasteiger partial charge in [-0.2, -0.15) is 0 Å². The summed E-state index contributed by atoms with van der Waals surface area (Å²) in [6.45, 7) is 2.21. The average molecular weight is 324 g/mol. The second-order valence-electron chi connectivity index (χ2n) is 4.09. The Morgan fingerprint density at radius 3 is 2.71 bits per heavy atom. The largest absolute Gasteiger partial charge is 0.309 e. The van der Waals surface area contributed by atoms with E-state index in [0.717, 1.165) is 5.56 Å². The van der Waals surface area contributed by atoms with E-state index in [-0.39, 0.29) is 17.6 Å². The van der Waals surface area contributed by atoms with Crippen LogP contribution in [0.25, 0.3) is 0 Å². The van der Waals surface area contributed by atoms with Crippen LogP contribution in [0.15, 0.2) is 22.7 Å². The quantitative estimate of drug-likeness (QED) is 0.902. The molecule has 0 bridgehead atoms. The van der Waals surface area contributed by atoms with E-state index >= 15 is 0 Å². The third-order valence-electron chi connectivity index (χ3n) is 2.23. The van der Waals surface area contributed by atoms with Gasteiger partial charge in [-0.15, -0.1) is 0 Å². The average Bonchev–Trinajstić information content (AvgIpc) is 2.18. The first-order valence-corrected chi connectivity index (χ1v) is 7.99. The number of hydrogen-bond donors (Lipinski definition) is 1. The molecule has 0 aliphatic heterocycles. The SMILES string of the molecule is CC(CS(C)(=O)=O)NCc1cccc(F)c1Br. The maximum Gasteiger partial charge on any atom is 0.148 e. The van der Waals surface area contributed by atoms with Crippen molar-refractivity contribution in [3.63, 3.8) is 0 Å². The van der Waals surface area contributed by atoms with Gasteiger partial charge in [0.15, 0.2) is 0 Å². The summed E-state index contributed by atoms with van der Waals surface area (Å²) < 4.78 is 35.7. The van der Waals surface area contributed by atoms with Crippen molar-refractivity contribution in [3.05, 3.63) is 34.1 Å². The lowest BCUT2D eigenvalue weighted by molar-refractivity contribution is 0.556. The molecular weight excluding hydrogens is 309 g/mol. The molecule has 1 aromatic carbocycles. The molecule has 0 aliphatic carbocycles. The zero-order chi connectivity index (χ0) is 13.1.